The molecule has 0 saturated carbocycles. The Morgan fingerprint density at radius 2 is 2.27 bits per heavy atom. The summed E-state index contributed by atoms with van der Waals surface area (Å²) in [6.07, 6.45) is 0.766. The minimum absolute atomic E-state index is 0.121. The van der Waals surface area contributed by atoms with Crippen molar-refractivity contribution in [2.75, 3.05) is 5.73 Å². The molecule has 0 radical (unpaired) electrons. The first-order chi connectivity index (χ1) is 7.13. The summed E-state index contributed by atoms with van der Waals surface area (Å²) < 4.78 is 5.24. The van der Waals surface area contributed by atoms with Crippen molar-refractivity contribution in [1.82, 2.24) is 4.98 Å². The van der Waals surface area contributed by atoms with Gasteiger partial charge in [-0.3, -0.25) is 0 Å². The summed E-state index contributed by atoms with van der Waals surface area (Å²) in [7, 11) is 0. The van der Waals surface area contributed by atoms with E-state index in [0.29, 0.717) is 11.4 Å². The highest BCUT2D eigenvalue weighted by atomic mass is 16.5. The fourth-order valence-corrected chi connectivity index (χ4v) is 2.01. The molecule has 0 amide bonds. The maximum Gasteiger partial charge on any atom is 0.340 e. The minimum Gasteiger partial charge on any atom is -0.458 e. The van der Waals surface area contributed by atoms with Crippen molar-refractivity contribution in [2.24, 2.45) is 0 Å². The fraction of sp³-hybridized carbons (Fsp3) is 0.455. The molecule has 1 aromatic rings. The number of cyclic esters (lactones) is 1. The van der Waals surface area contributed by atoms with Gasteiger partial charge in [0.2, 0.25) is 0 Å². The zero-order valence-corrected chi connectivity index (χ0v) is 8.86. The quantitative estimate of drug-likeness (QED) is 0.710. The van der Waals surface area contributed by atoms with Gasteiger partial charge < -0.3 is 10.5 Å². The Morgan fingerprint density at radius 3 is 2.93 bits per heavy atom. The smallest absolute Gasteiger partial charge is 0.340 e. The van der Waals surface area contributed by atoms with Crippen molar-refractivity contribution in [1.29, 1.82) is 0 Å². The molecule has 2 atom stereocenters. The van der Waals surface area contributed by atoms with Gasteiger partial charge in [0.15, 0.2) is 0 Å². The summed E-state index contributed by atoms with van der Waals surface area (Å²) in [5.74, 6) is 0.310. The highest BCUT2D eigenvalue weighted by molar-refractivity contribution is 5.92. The first-order valence-corrected chi connectivity index (χ1v) is 5.11. The van der Waals surface area contributed by atoms with Crippen LogP contribution in [0.3, 0.4) is 0 Å². The lowest BCUT2D eigenvalue weighted by Crippen LogP contribution is -2.30. The molecule has 2 heterocycles. The lowest BCUT2D eigenvalue weighted by molar-refractivity contribution is 0.0215. The van der Waals surface area contributed by atoms with Crippen LogP contribution in [-0.4, -0.2) is 17.1 Å². The van der Waals surface area contributed by atoms with Gasteiger partial charge in [0.1, 0.15) is 11.9 Å². The number of anilines is 1. The standard InChI is InChI=1S/C11H14N2O2/c1-3-7-6(2)15-11(14)8-4-5-9(12)13-10(7)8/h4-7H,3H2,1-2H3,(H2,12,13). The number of esters is 1. The van der Waals surface area contributed by atoms with Crippen LogP contribution in [0.15, 0.2) is 12.1 Å². The fourth-order valence-electron chi connectivity index (χ4n) is 2.01. The Balaban J connectivity index is 2.54. The van der Waals surface area contributed by atoms with Gasteiger partial charge in [0, 0.05) is 5.92 Å². The first-order valence-electron chi connectivity index (χ1n) is 5.11. The third kappa shape index (κ3) is 1.56. The van der Waals surface area contributed by atoms with Crippen LogP contribution in [-0.2, 0) is 4.74 Å². The van der Waals surface area contributed by atoms with Crippen molar-refractivity contribution in [3.05, 3.63) is 23.4 Å². The summed E-state index contributed by atoms with van der Waals surface area (Å²) >= 11 is 0. The molecule has 4 heteroatoms. The molecule has 0 aromatic carbocycles. The number of hydrogen-bond acceptors (Lipinski definition) is 4. The monoisotopic (exact) mass is 206 g/mol. The van der Waals surface area contributed by atoms with Gasteiger partial charge in [0.25, 0.3) is 0 Å². The summed E-state index contributed by atoms with van der Waals surface area (Å²) in [5, 5.41) is 0. The molecule has 2 N–H and O–H groups in total. The number of rotatable bonds is 1. The van der Waals surface area contributed by atoms with Crippen LogP contribution < -0.4 is 5.73 Å². The lowest BCUT2D eigenvalue weighted by atomic mass is 9.90. The van der Waals surface area contributed by atoms with Crippen molar-refractivity contribution < 1.29 is 9.53 Å². The van der Waals surface area contributed by atoms with Crippen molar-refractivity contribution in [2.45, 2.75) is 32.3 Å². The molecule has 1 aromatic heterocycles. The molecule has 1 aliphatic heterocycles. The summed E-state index contributed by atoms with van der Waals surface area (Å²) in [5.41, 5.74) is 6.96. The maximum atomic E-state index is 11.6. The van der Waals surface area contributed by atoms with Gasteiger partial charge in [-0.05, 0) is 25.5 Å². The number of carbonyl (C=O) groups excluding carboxylic acids is 1. The second-order valence-electron chi connectivity index (χ2n) is 3.79. The lowest BCUT2D eigenvalue weighted by Gasteiger charge is -2.29. The molecule has 0 bridgehead atoms. The summed E-state index contributed by atoms with van der Waals surface area (Å²) in [6.45, 7) is 3.94. The molecule has 0 fully saturated rings. The highest BCUT2D eigenvalue weighted by Gasteiger charge is 2.32. The molecular formula is C11H14N2O2. The number of pyridine rings is 1. The van der Waals surface area contributed by atoms with Gasteiger partial charge in [-0.15, -0.1) is 0 Å². The Hall–Kier alpha value is -1.58. The van der Waals surface area contributed by atoms with Crippen molar-refractivity contribution in [3.8, 4) is 0 Å². The van der Waals surface area contributed by atoms with Gasteiger partial charge in [-0.25, -0.2) is 9.78 Å². The SMILES string of the molecule is CCC1c2nc(N)ccc2C(=O)OC1C. The second-order valence-corrected chi connectivity index (χ2v) is 3.79. The number of nitrogens with zero attached hydrogens (tertiary/aromatic N) is 1. The predicted molar refractivity (Wildman–Crippen MR) is 56.6 cm³/mol. The zero-order valence-electron chi connectivity index (χ0n) is 8.86. The normalized spacial score (nSPS) is 24.5. The van der Waals surface area contributed by atoms with Crippen LogP contribution in [0.4, 0.5) is 5.82 Å². The van der Waals surface area contributed by atoms with E-state index in [9.17, 15) is 4.79 Å². The molecule has 4 nitrogen and oxygen atoms in total. The van der Waals surface area contributed by atoms with E-state index in [1.807, 2.05) is 6.92 Å². The van der Waals surface area contributed by atoms with Crippen LogP contribution in [0, 0.1) is 0 Å². The average Bonchev–Trinajstić information content (AvgIpc) is 2.17. The van der Waals surface area contributed by atoms with E-state index in [2.05, 4.69) is 11.9 Å². The molecule has 0 saturated heterocycles. The van der Waals surface area contributed by atoms with E-state index in [1.165, 1.54) is 0 Å². The van der Waals surface area contributed by atoms with E-state index in [-0.39, 0.29) is 18.0 Å². The summed E-state index contributed by atoms with van der Waals surface area (Å²) in [4.78, 5) is 15.8. The number of fused-ring (bicyclic) bond motifs is 1. The third-order valence-electron chi connectivity index (χ3n) is 2.82. The molecule has 15 heavy (non-hydrogen) atoms. The minimum atomic E-state index is -0.297. The van der Waals surface area contributed by atoms with Crippen LogP contribution in [0.1, 0.15) is 42.2 Å². The van der Waals surface area contributed by atoms with Gasteiger partial charge >= 0.3 is 5.97 Å². The number of nitrogens with two attached hydrogens (primary N) is 1. The molecule has 1 aliphatic rings. The van der Waals surface area contributed by atoms with E-state index < -0.39 is 0 Å². The number of hydrogen-bond donors (Lipinski definition) is 1. The Morgan fingerprint density at radius 1 is 1.53 bits per heavy atom. The van der Waals surface area contributed by atoms with Crippen LogP contribution in [0.25, 0.3) is 0 Å². The number of aromatic nitrogens is 1. The summed E-state index contributed by atoms with van der Waals surface area (Å²) in [6, 6.07) is 3.32. The Bertz CT molecular complexity index is 404. The third-order valence-corrected chi connectivity index (χ3v) is 2.82. The van der Waals surface area contributed by atoms with E-state index in [4.69, 9.17) is 10.5 Å². The number of ether oxygens (including phenoxy) is 1. The van der Waals surface area contributed by atoms with Gasteiger partial charge in [-0.2, -0.15) is 0 Å². The van der Waals surface area contributed by atoms with Gasteiger partial charge in [0.05, 0.1) is 11.3 Å². The first kappa shape index (κ1) is 9.96. The van der Waals surface area contributed by atoms with Crippen molar-refractivity contribution in [3.63, 3.8) is 0 Å². The number of nitrogen functional groups attached to an aromatic ring is 1. The Labute approximate surface area is 88.4 Å². The number of carbonyl (C=O) groups is 1. The largest absolute Gasteiger partial charge is 0.458 e. The van der Waals surface area contributed by atoms with Crippen LogP contribution in [0.5, 0.6) is 0 Å². The highest BCUT2D eigenvalue weighted by Crippen LogP contribution is 2.32. The van der Waals surface area contributed by atoms with Crippen LogP contribution in [0.2, 0.25) is 0 Å². The molecule has 2 unspecified atom stereocenters. The molecule has 0 aliphatic carbocycles. The van der Waals surface area contributed by atoms with Gasteiger partial charge in [-0.1, -0.05) is 6.92 Å². The zero-order chi connectivity index (χ0) is 11.0. The van der Waals surface area contributed by atoms with Crippen LogP contribution >= 0.6 is 0 Å². The van der Waals surface area contributed by atoms with E-state index in [1.54, 1.807) is 12.1 Å². The van der Waals surface area contributed by atoms with E-state index >= 15 is 0 Å². The average molecular weight is 206 g/mol. The second kappa shape index (κ2) is 3.53. The molecule has 80 valence electrons. The Kier molecular flexibility index (Phi) is 2.34. The topological polar surface area (TPSA) is 65.2 Å². The van der Waals surface area contributed by atoms with E-state index in [0.717, 1.165) is 12.1 Å². The maximum absolute atomic E-state index is 11.6. The molecule has 0 spiro atoms. The van der Waals surface area contributed by atoms with Crippen molar-refractivity contribution >= 4 is 11.8 Å². The predicted octanol–water partition coefficient (Wildman–Crippen LogP) is 1.72. The molecule has 2 rings (SSSR count). The molecular weight excluding hydrogens is 192 g/mol.